The first-order valence-corrected chi connectivity index (χ1v) is 9.36. The third kappa shape index (κ3) is 7.00. The number of halogens is 2. The van der Waals surface area contributed by atoms with Crippen LogP contribution in [0.1, 0.15) is 24.3 Å². The van der Waals surface area contributed by atoms with Crippen LogP contribution >= 0.6 is 39.9 Å². The number of aryl methyl sites for hydroxylation is 1. The highest BCUT2D eigenvalue weighted by molar-refractivity contribution is 14.0. The second kappa shape index (κ2) is 11.6. The van der Waals surface area contributed by atoms with Crippen molar-refractivity contribution < 1.29 is 9.84 Å². The van der Waals surface area contributed by atoms with E-state index in [1.807, 2.05) is 56.4 Å². The number of aliphatic imine (C=N–C) groups is 1. The summed E-state index contributed by atoms with van der Waals surface area (Å²) in [5.74, 6) is 1.53. The van der Waals surface area contributed by atoms with Crippen LogP contribution in [0.2, 0.25) is 0 Å². The van der Waals surface area contributed by atoms with E-state index in [0.717, 1.165) is 28.3 Å². The van der Waals surface area contributed by atoms with E-state index in [4.69, 9.17) is 4.74 Å². The van der Waals surface area contributed by atoms with Crippen molar-refractivity contribution in [3.05, 3.63) is 52.3 Å². The van der Waals surface area contributed by atoms with Gasteiger partial charge in [-0.2, -0.15) is 0 Å². The lowest BCUT2D eigenvalue weighted by molar-refractivity contribution is 0.186. The van der Waals surface area contributed by atoms with Crippen LogP contribution in [0.25, 0.3) is 0 Å². The third-order valence-corrected chi connectivity index (χ3v) is 4.52. The number of aliphatic hydroxyl groups is 1. The highest BCUT2D eigenvalue weighted by atomic mass is 127. The second-order valence-corrected chi connectivity index (χ2v) is 7.02. The molecule has 1 aromatic carbocycles. The number of aromatic nitrogens is 1. The molecule has 0 spiro atoms. The van der Waals surface area contributed by atoms with E-state index in [-0.39, 0.29) is 30.5 Å². The molecule has 27 heavy (non-hydrogen) atoms. The zero-order valence-electron chi connectivity index (χ0n) is 16.1. The highest BCUT2D eigenvalue weighted by Gasteiger charge is 2.12. The van der Waals surface area contributed by atoms with Crippen molar-refractivity contribution in [1.29, 1.82) is 0 Å². The number of hydrogen-bond donors (Lipinski definition) is 2. The second-order valence-electron chi connectivity index (χ2n) is 6.10. The predicted octanol–water partition coefficient (Wildman–Crippen LogP) is 3.55. The smallest absolute Gasteiger partial charge is 0.194 e. The summed E-state index contributed by atoms with van der Waals surface area (Å²) in [6, 6.07) is 9.49. The molecule has 1 heterocycles. The molecule has 0 radical (unpaired) electrons. The first-order chi connectivity index (χ1) is 12.4. The molecule has 0 aliphatic rings. The van der Waals surface area contributed by atoms with E-state index in [2.05, 4.69) is 36.9 Å². The molecule has 2 N–H and O–H groups in total. The summed E-state index contributed by atoms with van der Waals surface area (Å²) in [6.45, 7) is 3.80. The van der Waals surface area contributed by atoms with Gasteiger partial charge in [-0.1, -0.05) is 12.1 Å². The van der Waals surface area contributed by atoms with E-state index >= 15 is 0 Å². The Hall–Kier alpha value is -1.26. The average Bonchev–Trinajstić information content (AvgIpc) is 2.95. The Kier molecular flexibility index (Phi) is 10.2. The zero-order valence-corrected chi connectivity index (χ0v) is 20.1. The van der Waals surface area contributed by atoms with E-state index in [9.17, 15) is 5.11 Å². The Labute approximate surface area is 186 Å². The van der Waals surface area contributed by atoms with Crippen molar-refractivity contribution in [3.63, 3.8) is 0 Å². The molecule has 1 aromatic heterocycles. The van der Waals surface area contributed by atoms with Crippen molar-refractivity contribution in [3.8, 4) is 5.75 Å². The van der Waals surface area contributed by atoms with Crippen LogP contribution in [-0.4, -0.2) is 47.8 Å². The number of aliphatic hydroxyl groups excluding tert-OH is 1. The van der Waals surface area contributed by atoms with Gasteiger partial charge < -0.3 is 24.6 Å². The minimum absolute atomic E-state index is 0. The molecule has 0 fully saturated rings. The van der Waals surface area contributed by atoms with Gasteiger partial charge in [0.1, 0.15) is 5.75 Å². The van der Waals surface area contributed by atoms with Gasteiger partial charge in [-0.25, -0.2) is 0 Å². The molecule has 8 heteroatoms. The number of ether oxygens (including phenoxy) is 1. The van der Waals surface area contributed by atoms with Gasteiger partial charge in [-0.3, -0.25) is 4.99 Å². The van der Waals surface area contributed by atoms with Gasteiger partial charge in [0.05, 0.1) is 26.3 Å². The minimum atomic E-state index is -0.660. The summed E-state index contributed by atoms with van der Waals surface area (Å²) < 4.78 is 8.28. The van der Waals surface area contributed by atoms with Gasteiger partial charge in [-0.05, 0) is 46.6 Å². The molecular formula is C19H28BrIN4O2. The minimum Gasteiger partial charge on any atom is -0.497 e. The Morgan fingerprint density at radius 2 is 2.04 bits per heavy atom. The Morgan fingerprint density at radius 3 is 2.56 bits per heavy atom. The van der Waals surface area contributed by atoms with Gasteiger partial charge >= 0.3 is 0 Å². The molecule has 0 aliphatic heterocycles. The van der Waals surface area contributed by atoms with E-state index in [1.54, 1.807) is 7.11 Å². The van der Waals surface area contributed by atoms with Gasteiger partial charge in [-0.15, -0.1) is 24.0 Å². The number of methoxy groups -OCH3 is 1. The number of nitrogens with zero attached hydrogens (tertiary/aromatic N) is 3. The molecule has 2 aromatic rings. The Morgan fingerprint density at radius 1 is 1.37 bits per heavy atom. The van der Waals surface area contributed by atoms with E-state index < -0.39 is 6.10 Å². The Bertz CT molecular complexity index is 734. The fraction of sp³-hybridized carbons (Fsp3) is 0.421. The van der Waals surface area contributed by atoms with Crippen molar-refractivity contribution in [2.75, 3.05) is 27.2 Å². The normalized spacial score (nSPS) is 12.3. The van der Waals surface area contributed by atoms with Crippen molar-refractivity contribution >= 4 is 45.9 Å². The standard InChI is InChI=1S/C19H27BrN4O2.HI/c1-5-21-19(24(3)13-16-10-15(20)12-23(16)2)22-11-18(25)14-6-8-17(26-4)9-7-14;/h6-10,12,18,25H,5,11,13H2,1-4H3,(H,21,22);1H. The van der Waals surface area contributed by atoms with Gasteiger partial charge in [0.2, 0.25) is 0 Å². The molecule has 1 unspecified atom stereocenters. The number of hydrogen-bond acceptors (Lipinski definition) is 3. The highest BCUT2D eigenvalue weighted by Crippen LogP contribution is 2.18. The van der Waals surface area contributed by atoms with Crippen LogP contribution in [-0.2, 0) is 13.6 Å². The lowest BCUT2D eigenvalue weighted by Crippen LogP contribution is -2.39. The van der Waals surface area contributed by atoms with Crippen LogP contribution in [0.15, 0.2) is 46.0 Å². The van der Waals surface area contributed by atoms with Crippen molar-refractivity contribution in [1.82, 2.24) is 14.8 Å². The number of benzene rings is 1. The third-order valence-electron chi connectivity index (χ3n) is 4.08. The molecular weight excluding hydrogens is 523 g/mol. The molecule has 0 amide bonds. The SMILES string of the molecule is CCNC(=NCC(O)c1ccc(OC)cc1)N(C)Cc1cc(Br)cn1C.I. The summed E-state index contributed by atoms with van der Waals surface area (Å²) in [7, 11) is 5.63. The van der Waals surface area contributed by atoms with Crippen LogP contribution in [0, 0.1) is 0 Å². The molecule has 2 rings (SSSR count). The molecule has 0 bridgehead atoms. The zero-order chi connectivity index (χ0) is 19.1. The summed E-state index contributed by atoms with van der Waals surface area (Å²) in [4.78, 5) is 6.64. The van der Waals surface area contributed by atoms with E-state index in [0.29, 0.717) is 6.54 Å². The molecule has 0 aliphatic carbocycles. The predicted molar refractivity (Wildman–Crippen MR) is 124 cm³/mol. The van der Waals surface area contributed by atoms with Gasteiger partial charge in [0.15, 0.2) is 5.96 Å². The van der Waals surface area contributed by atoms with Gasteiger partial charge in [0.25, 0.3) is 0 Å². The first kappa shape index (κ1) is 23.8. The lowest BCUT2D eigenvalue weighted by atomic mass is 10.1. The molecule has 1 atom stereocenters. The van der Waals surface area contributed by atoms with Crippen LogP contribution in [0.5, 0.6) is 5.75 Å². The molecule has 0 saturated carbocycles. The topological polar surface area (TPSA) is 62.0 Å². The number of rotatable bonds is 7. The van der Waals surface area contributed by atoms with Gasteiger partial charge in [0, 0.05) is 37.0 Å². The summed E-state index contributed by atoms with van der Waals surface area (Å²) in [6.07, 6.45) is 1.37. The van der Waals surface area contributed by atoms with Crippen LogP contribution in [0.4, 0.5) is 0 Å². The number of guanidine groups is 1. The monoisotopic (exact) mass is 550 g/mol. The quantitative estimate of drug-likeness (QED) is 0.314. The molecule has 150 valence electrons. The van der Waals surface area contributed by atoms with E-state index in [1.165, 1.54) is 5.69 Å². The summed E-state index contributed by atoms with van der Waals surface area (Å²) in [5, 5.41) is 13.7. The van der Waals surface area contributed by atoms with Crippen molar-refractivity contribution in [2.24, 2.45) is 12.0 Å². The first-order valence-electron chi connectivity index (χ1n) is 8.56. The van der Waals surface area contributed by atoms with Crippen LogP contribution < -0.4 is 10.1 Å². The lowest BCUT2D eigenvalue weighted by Gasteiger charge is -2.23. The average molecular weight is 551 g/mol. The van der Waals surface area contributed by atoms with Crippen molar-refractivity contribution in [2.45, 2.75) is 19.6 Å². The fourth-order valence-electron chi connectivity index (χ4n) is 2.62. The summed E-state index contributed by atoms with van der Waals surface area (Å²) >= 11 is 3.50. The largest absolute Gasteiger partial charge is 0.497 e. The number of nitrogens with one attached hydrogen (secondary N) is 1. The summed E-state index contributed by atoms with van der Waals surface area (Å²) in [5.41, 5.74) is 1.99. The molecule has 6 nitrogen and oxygen atoms in total. The fourth-order valence-corrected chi connectivity index (χ4v) is 3.19. The van der Waals surface area contributed by atoms with Crippen LogP contribution in [0.3, 0.4) is 0 Å². The molecule has 0 saturated heterocycles. The maximum atomic E-state index is 10.4. The maximum absolute atomic E-state index is 10.4. The maximum Gasteiger partial charge on any atom is 0.194 e. The Balaban J connectivity index is 0.00000364.